The molecule has 3 heterocycles. The number of nitrogens with zero attached hydrogens (tertiary/aromatic N) is 5. The number of aryl methyl sites for hydroxylation is 1. The molecule has 1 saturated heterocycles. The Morgan fingerprint density at radius 2 is 1.89 bits per heavy atom. The summed E-state index contributed by atoms with van der Waals surface area (Å²) in [6, 6.07) is 7.93. The maximum atomic E-state index is 13.0. The van der Waals surface area contributed by atoms with Crippen molar-refractivity contribution in [3.8, 4) is 0 Å². The molecule has 0 saturated carbocycles. The summed E-state index contributed by atoms with van der Waals surface area (Å²) in [5, 5.41) is 5.97. The van der Waals surface area contributed by atoms with Crippen LogP contribution in [0.4, 0.5) is 0 Å². The molecule has 1 fully saturated rings. The molecule has 0 spiro atoms. The molecule has 4 rings (SSSR count). The molecule has 1 aromatic carbocycles. The minimum Gasteiger partial charge on any atom is -0.341 e. The summed E-state index contributed by atoms with van der Waals surface area (Å²) in [4.78, 5) is 24.4. The number of hydrogen-bond donors (Lipinski definition) is 0. The van der Waals surface area contributed by atoms with Gasteiger partial charge in [0.15, 0.2) is 10.8 Å². The summed E-state index contributed by atoms with van der Waals surface area (Å²) in [6.07, 6.45) is 1.19. The number of amides is 1. The van der Waals surface area contributed by atoms with E-state index in [0.717, 1.165) is 29.6 Å². The highest BCUT2D eigenvalue weighted by Gasteiger charge is 2.29. The zero-order valence-corrected chi connectivity index (χ0v) is 17.0. The van der Waals surface area contributed by atoms with Crippen molar-refractivity contribution >= 4 is 34.2 Å². The van der Waals surface area contributed by atoms with Gasteiger partial charge in [0.2, 0.25) is 5.91 Å². The second-order valence-corrected chi connectivity index (χ2v) is 9.06. The smallest absolute Gasteiger partial charge is 0.235 e. The molecule has 7 heteroatoms. The van der Waals surface area contributed by atoms with E-state index in [9.17, 15) is 4.79 Å². The number of piperidine rings is 1. The van der Waals surface area contributed by atoms with Gasteiger partial charge >= 0.3 is 0 Å². The number of hydrogen-bond acceptors (Lipinski definition) is 5. The van der Waals surface area contributed by atoms with Crippen LogP contribution in [0.3, 0.4) is 0 Å². The summed E-state index contributed by atoms with van der Waals surface area (Å²) in [5.41, 5.74) is 1.67. The average Bonchev–Trinajstić information content (AvgIpc) is 3.02. The lowest BCUT2D eigenvalue weighted by Crippen LogP contribution is -2.45. The van der Waals surface area contributed by atoms with E-state index in [1.54, 1.807) is 4.52 Å². The first-order valence-electron chi connectivity index (χ1n) is 9.50. The van der Waals surface area contributed by atoms with Crippen LogP contribution in [0.1, 0.15) is 33.0 Å². The van der Waals surface area contributed by atoms with Gasteiger partial charge in [-0.2, -0.15) is 4.52 Å². The lowest BCUT2D eigenvalue weighted by molar-refractivity contribution is -0.132. The number of rotatable bonds is 3. The summed E-state index contributed by atoms with van der Waals surface area (Å²) >= 11 is 1.46. The first-order valence-corrected chi connectivity index (χ1v) is 10.4. The molecule has 3 unspecified atom stereocenters. The summed E-state index contributed by atoms with van der Waals surface area (Å²) in [6.45, 7) is 9.97. The minimum absolute atomic E-state index is 0.179. The largest absolute Gasteiger partial charge is 0.341 e. The van der Waals surface area contributed by atoms with Crippen molar-refractivity contribution in [2.24, 2.45) is 11.8 Å². The van der Waals surface area contributed by atoms with Crippen LogP contribution in [0.2, 0.25) is 0 Å². The van der Waals surface area contributed by atoms with Gasteiger partial charge < -0.3 is 4.90 Å². The molecular weight excluding hydrogens is 358 g/mol. The number of benzene rings is 1. The second kappa shape index (κ2) is 7.11. The predicted octanol–water partition coefficient (Wildman–Crippen LogP) is 3.57. The maximum Gasteiger partial charge on any atom is 0.235 e. The van der Waals surface area contributed by atoms with Crippen LogP contribution in [0.5, 0.6) is 0 Å². The van der Waals surface area contributed by atoms with E-state index in [2.05, 4.69) is 23.9 Å². The molecule has 142 valence electrons. The SMILES string of the molecule is Cc1nc2c3ccccc3nc(SC(C)C(=O)N3CC(C)CC(C)C3)n2n1. The molecule has 0 aliphatic carbocycles. The Labute approximate surface area is 163 Å². The normalized spacial score (nSPS) is 21.7. The average molecular weight is 384 g/mol. The van der Waals surface area contributed by atoms with Gasteiger partial charge in [-0.3, -0.25) is 4.79 Å². The maximum absolute atomic E-state index is 13.0. The van der Waals surface area contributed by atoms with Crippen molar-refractivity contribution in [2.75, 3.05) is 13.1 Å². The number of para-hydroxylation sites is 1. The van der Waals surface area contributed by atoms with Crippen molar-refractivity contribution in [2.45, 2.75) is 44.5 Å². The van der Waals surface area contributed by atoms with E-state index in [1.807, 2.05) is 43.0 Å². The molecule has 1 aliphatic heterocycles. The topological polar surface area (TPSA) is 63.4 Å². The zero-order chi connectivity index (χ0) is 19.1. The number of aromatic nitrogens is 4. The van der Waals surface area contributed by atoms with Crippen molar-refractivity contribution in [3.05, 3.63) is 30.1 Å². The minimum atomic E-state index is -0.219. The van der Waals surface area contributed by atoms with Crippen LogP contribution in [-0.4, -0.2) is 48.7 Å². The lowest BCUT2D eigenvalue weighted by atomic mass is 9.92. The van der Waals surface area contributed by atoms with E-state index >= 15 is 0 Å². The van der Waals surface area contributed by atoms with E-state index < -0.39 is 0 Å². The van der Waals surface area contributed by atoms with Gasteiger partial charge in [-0.25, -0.2) is 9.97 Å². The molecule has 27 heavy (non-hydrogen) atoms. The summed E-state index contributed by atoms with van der Waals surface area (Å²) in [7, 11) is 0. The number of fused-ring (bicyclic) bond motifs is 3. The molecule has 6 nitrogen and oxygen atoms in total. The monoisotopic (exact) mass is 383 g/mol. The van der Waals surface area contributed by atoms with Crippen LogP contribution >= 0.6 is 11.8 Å². The second-order valence-electron chi connectivity index (χ2n) is 7.76. The molecule has 2 aromatic heterocycles. The van der Waals surface area contributed by atoms with Gasteiger partial charge in [-0.1, -0.05) is 37.7 Å². The third-order valence-corrected chi connectivity index (χ3v) is 6.10. The third kappa shape index (κ3) is 3.52. The predicted molar refractivity (Wildman–Crippen MR) is 108 cm³/mol. The highest BCUT2D eigenvalue weighted by atomic mass is 32.2. The van der Waals surface area contributed by atoms with Crippen LogP contribution < -0.4 is 0 Å². The number of carbonyl (C=O) groups is 1. The Kier molecular flexibility index (Phi) is 4.80. The van der Waals surface area contributed by atoms with Crippen molar-refractivity contribution in [1.82, 2.24) is 24.5 Å². The van der Waals surface area contributed by atoms with Crippen molar-refractivity contribution < 1.29 is 4.79 Å². The van der Waals surface area contributed by atoms with Gasteiger partial charge in [0.1, 0.15) is 5.82 Å². The Balaban J connectivity index is 1.65. The highest BCUT2D eigenvalue weighted by Crippen LogP contribution is 2.29. The zero-order valence-electron chi connectivity index (χ0n) is 16.2. The molecule has 1 amide bonds. The third-order valence-electron chi connectivity index (χ3n) is 5.07. The first kappa shape index (κ1) is 18.2. The van der Waals surface area contributed by atoms with E-state index in [-0.39, 0.29) is 11.2 Å². The van der Waals surface area contributed by atoms with Gasteiger partial charge in [-0.15, -0.1) is 5.10 Å². The fourth-order valence-corrected chi connectivity index (χ4v) is 4.96. The summed E-state index contributed by atoms with van der Waals surface area (Å²) in [5.74, 6) is 1.99. The summed E-state index contributed by atoms with van der Waals surface area (Å²) < 4.78 is 1.77. The van der Waals surface area contributed by atoms with E-state index in [0.29, 0.717) is 22.8 Å². The van der Waals surface area contributed by atoms with Gasteiger partial charge in [-0.05, 0) is 44.2 Å². The Morgan fingerprint density at radius 3 is 2.63 bits per heavy atom. The van der Waals surface area contributed by atoms with Crippen LogP contribution in [0, 0.1) is 18.8 Å². The Morgan fingerprint density at radius 1 is 1.19 bits per heavy atom. The van der Waals surface area contributed by atoms with E-state index in [4.69, 9.17) is 4.98 Å². The molecule has 3 atom stereocenters. The molecule has 1 aliphatic rings. The Bertz CT molecular complexity index is 991. The quantitative estimate of drug-likeness (QED) is 0.511. The van der Waals surface area contributed by atoms with Crippen molar-refractivity contribution in [1.29, 1.82) is 0 Å². The number of thioether (sulfide) groups is 1. The van der Waals surface area contributed by atoms with Crippen LogP contribution in [0.15, 0.2) is 29.4 Å². The highest BCUT2D eigenvalue weighted by molar-refractivity contribution is 8.00. The lowest BCUT2D eigenvalue weighted by Gasteiger charge is -2.36. The molecular formula is C20H25N5OS. The molecule has 0 bridgehead atoms. The van der Waals surface area contributed by atoms with Crippen molar-refractivity contribution in [3.63, 3.8) is 0 Å². The van der Waals surface area contributed by atoms with Crippen LogP contribution in [-0.2, 0) is 4.79 Å². The molecule has 0 radical (unpaired) electrons. The van der Waals surface area contributed by atoms with E-state index in [1.165, 1.54) is 18.2 Å². The fraction of sp³-hybridized carbons (Fsp3) is 0.500. The number of carbonyl (C=O) groups excluding carboxylic acids is 1. The molecule has 0 N–H and O–H groups in total. The molecule has 3 aromatic rings. The standard InChI is InChI=1S/C20H25N5OS/c1-12-9-13(2)11-24(10-12)19(26)14(3)27-20-22-17-8-6-5-7-16(17)18-21-15(4)23-25(18)20/h5-8,12-14H,9-11H2,1-4H3. The van der Waals surface area contributed by atoms with Crippen LogP contribution in [0.25, 0.3) is 16.6 Å². The Hall–Kier alpha value is -2.15. The first-order chi connectivity index (χ1) is 12.9. The van der Waals surface area contributed by atoms with Gasteiger partial charge in [0, 0.05) is 18.5 Å². The van der Waals surface area contributed by atoms with Gasteiger partial charge in [0.25, 0.3) is 0 Å². The van der Waals surface area contributed by atoms with Gasteiger partial charge in [0.05, 0.1) is 10.8 Å². The number of likely N-dealkylation sites (tertiary alicyclic amines) is 1. The fourth-order valence-electron chi connectivity index (χ4n) is 4.02.